The molecule has 0 bridgehead atoms. The fourth-order valence-corrected chi connectivity index (χ4v) is 8.71. The zero-order valence-electron chi connectivity index (χ0n) is 30.5. The fourth-order valence-electron chi connectivity index (χ4n) is 8.71. The van der Waals surface area contributed by atoms with Crippen molar-refractivity contribution in [3.05, 3.63) is 42.0 Å². The van der Waals surface area contributed by atoms with Crippen LogP contribution < -0.4 is 0 Å². The molecule has 5 fully saturated rings. The molecule has 5 aliphatic rings. The summed E-state index contributed by atoms with van der Waals surface area (Å²) in [6, 6.07) is 9.42. The summed E-state index contributed by atoms with van der Waals surface area (Å²) in [5.41, 5.74) is -0.0746. The summed E-state index contributed by atoms with van der Waals surface area (Å²) in [4.78, 5) is 26.7. The maximum absolute atomic E-state index is 13.8. The third-order valence-corrected chi connectivity index (χ3v) is 12.2. The molecule has 15 heteroatoms. The zero-order chi connectivity index (χ0) is 38.2. The second-order valence-electron chi connectivity index (χ2n) is 15.5. The normalized spacial score (nSPS) is 45.9. The van der Waals surface area contributed by atoms with Gasteiger partial charge in [-0.1, -0.05) is 37.3 Å². The van der Waals surface area contributed by atoms with Crippen molar-refractivity contribution < 1.29 is 73.4 Å². The van der Waals surface area contributed by atoms with E-state index in [1.807, 2.05) is 44.2 Å². The molecule has 1 spiro atoms. The molecule has 17 atom stereocenters. The van der Waals surface area contributed by atoms with Gasteiger partial charge in [-0.25, -0.2) is 4.79 Å². The summed E-state index contributed by atoms with van der Waals surface area (Å²) in [6.07, 6.45) is -9.40. The summed E-state index contributed by atoms with van der Waals surface area (Å²) in [6.45, 7) is 5.08. The van der Waals surface area contributed by atoms with Crippen molar-refractivity contribution in [2.75, 3.05) is 20.3 Å². The van der Waals surface area contributed by atoms with Crippen molar-refractivity contribution in [1.82, 2.24) is 0 Å². The molecule has 3 aliphatic heterocycles. The van der Waals surface area contributed by atoms with Gasteiger partial charge in [0.25, 0.3) is 0 Å². The Morgan fingerprint density at radius 3 is 2.36 bits per heavy atom. The topological polar surface area (TPSA) is 220 Å². The first-order valence-corrected chi connectivity index (χ1v) is 18.5. The lowest BCUT2D eigenvalue weighted by molar-refractivity contribution is -0.328. The molecular weight excluding hydrogens is 696 g/mol. The molecule has 15 nitrogen and oxygen atoms in total. The third kappa shape index (κ3) is 7.81. The number of carbonyl (C=O) groups excluding carboxylic acids is 2. The number of aliphatic hydroxyl groups is 6. The monoisotopic (exact) mass is 750 g/mol. The Morgan fingerprint density at radius 1 is 0.925 bits per heavy atom. The summed E-state index contributed by atoms with van der Waals surface area (Å²) < 4.78 is 42.6. The van der Waals surface area contributed by atoms with Crippen molar-refractivity contribution in [3.8, 4) is 0 Å². The predicted molar refractivity (Wildman–Crippen MR) is 183 cm³/mol. The summed E-state index contributed by atoms with van der Waals surface area (Å²) in [5, 5.41) is 62.7. The van der Waals surface area contributed by atoms with Crippen LogP contribution in [0.1, 0.15) is 58.4 Å². The van der Waals surface area contributed by atoms with Crippen molar-refractivity contribution in [3.63, 3.8) is 0 Å². The van der Waals surface area contributed by atoms with E-state index in [1.165, 1.54) is 13.0 Å². The first-order valence-electron chi connectivity index (χ1n) is 18.5. The van der Waals surface area contributed by atoms with Gasteiger partial charge in [0.15, 0.2) is 6.29 Å². The number of carbonyl (C=O) groups is 2. The Bertz CT molecular complexity index is 1440. The van der Waals surface area contributed by atoms with Crippen molar-refractivity contribution >= 4 is 18.0 Å². The number of hydrogen-bond acceptors (Lipinski definition) is 15. The standard InChI is InChI=1S/C38H54O15/c1-19-18-48-38(16-27(19)50-28(40)13-10-21-8-6-5-7-9-21)37(3,47-4)24-12-11-22(14-25(24)53-38)35(46)51-26-15-23(17-39)30(42)32(44)34(26)52-36-33(45)31(43)29(41)20(2)49-36/h5-10,13,19-20,22-27,29-34,36,39,41-45H,11-12,14-18H2,1-4H3/b13-10+/t19-,20+,22+,23+,24+,25-,26+,27-,29-,30+,31+,32-,33+,34-,36+,37-,38+/m0/s1. The first-order chi connectivity index (χ1) is 25.2. The smallest absolute Gasteiger partial charge is 0.331 e. The van der Waals surface area contributed by atoms with Crippen LogP contribution in [-0.2, 0) is 42.7 Å². The quantitative estimate of drug-likeness (QED) is 0.149. The van der Waals surface area contributed by atoms with Gasteiger partial charge in [-0.2, -0.15) is 0 Å². The first kappa shape index (κ1) is 40.1. The van der Waals surface area contributed by atoms with Gasteiger partial charge in [-0.15, -0.1) is 0 Å². The molecule has 53 heavy (non-hydrogen) atoms. The van der Waals surface area contributed by atoms with Gasteiger partial charge in [-0.3, -0.25) is 4.79 Å². The second kappa shape index (κ2) is 16.3. The van der Waals surface area contributed by atoms with Crippen LogP contribution in [0.25, 0.3) is 6.08 Å². The minimum atomic E-state index is -1.70. The fraction of sp³-hybridized carbons (Fsp3) is 0.737. The number of esters is 2. The Kier molecular flexibility index (Phi) is 12.3. The van der Waals surface area contributed by atoms with Crippen LogP contribution in [-0.4, -0.2) is 142 Å². The summed E-state index contributed by atoms with van der Waals surface area (Å²) >= 11 is 0. The van der Waals surface area contributed by atoms with Crippen LogP contribution in [0, 0.1) is 23.7 Å². The number of aliphatic hydroxyl groups excluding tert-OH is 6. The molecule has 1 aromatic carbocycles. The van der Waals surface area contributed by atoms with Crippen LogP contribution in [0.15, 0.2) is 36.4 Å². The Labute approximate surface area is 308 Å². The molecule has 2 aliphatic carbocycles. The predicted octanol–water partition coefficient (Wildman–Crippen LogP) is 0.443. The second-order valence-corrected chi connectivity index (χ2v) is 15.5. The van der Waals surface area contributed by atoms with Gasteiger partial charge < -0.3 is 63.8 Å². The number of ether oxygens (including phenoxy) is 7. The molecule has 2 saturated carbocycles. The Balaban J connectivity index is 1.13. The number of benzene rings is 1. The molecule has 0 amide bonds. The van der Waals surface area contributed by atoms with Crippen molar-refractivity contribution in [2.24, 2.45) is 23.7 Å². The van der Waals surface area contributed by atoms with Crippen LogP contribution >= 0.6 is 0 Å². The summed E-state index contributed by atoms with van der Waals surface area (Å²) in [5.74, 6) is -4.13. The lowest BCUT2D eigenvalue weighted by Gasteiger charge is -2.48. The summed E-state index contributed by atoms with van der Waals surface area (Å²) in [7, 11) is 1.59. The van der Waals surface area contributed by atoms with Crippen LogP contribution in [0.5, 0.6) is 0 Å². The highest BCUT2D eigenvalue weighted by Crippen LogP contribution is 2.56. The van der Waals surface area contributed by atoms with Crippen LogP contribution in [0.3, 0.4) is 0 Å². The molecule has 6 rings (SSSR count). The van der Waals surface area contributed by atoms with Gasteiger partial charge in [0.2, 0.25) is 5.79 Å². The average molecular weight is 751 g/mol. The molecule has 296 valence electrons. The highest BCUT2D eigenvalue weighted by Gasteiger charge is 2.68. The van der Waals surface area contributed by atoms with Crippen molar-refractivity contribution in [2.45, 2.75) is 132 Å². The third-order valence-electron chi connectivity index (χ3n) is 12.2. The molecule has 6 N–H and O–H groups in total. The van der Waals surface area contributed by atoms with E-state index < -0.39 is 109 Å². The molecule has 0 aromatic heterocycles. The van der Waals surface area contributed by atoms with Crippen LogP contribution in [0.4, 0.5) is 0 Å². The van der Waals surface area contributed by atoms with Gasteiger partial charge in [0.05, 0.1) is 30.8 Å². The Hall–Kier alpha value is -2.54. The molecule has 3 saturated heterocycles. The number of fused-ring (bicyclic) bond motifs is 1. The highest BCUT2D eigenvalue weighted by atomic mass is 16.7. The Morgan fingerprint density at radius 2 is 1.66 bits per heavy atom. The van der Waals surface area contributed by atoms with E-state index in [1.54, 1.807) is 13.2 Å². The average Bonchev–Trinajstić information content (AvgIpc) is 3.39. The van der Waals surface area contributed by atoms with E-state index in [-0.39, 0.29) is 37.7 Å². The van der Waals surface area contributed by atoms with E-state index in [4.69, 9.17) is 33.2 Å². The molecule has 1 aromatic rings. The molecule has 3 heterocycles. The van der Waals surface area contributed by atoms with Crippen molar-refractivity contribution in [1.29, 1.82) is 0 Å². The van der Waals surface area contributed by atoms with Gasteiger partial charge in [-0.05, 0) is 51.2 Å². The minimum absolute atomic E-state index is 0.0680. The lowest BCUT2D eigenvalue weighted by atomic mass is 9.70. The minimum Gasteiger partial charge on any atom is -0.459 e. The molecular formula is C38H54O15. The van der Waals surface area contributed by atoms with Gasteiger partial charge in [0.1, 0.15) is 48.3 Å². The van der Waals surface area contributed by atoms with Gasteiger partial charge >= 0.3 is 11.9 Å². The maximum Gasteiger partial charge on any atom is 0.331 e. The maximum atomic E-state index is 13.8. The molecule has 0 radical (unpaired) electrons. The highest BCUT2D eigenvalue weighted by molar-refractivity contribution is 5.87. The zero-order valence-corrected chi connectivity index (χ0v) is 30.5. The number of hydrogen-bond donors (Lipinski definition) is 6. The van der Waals surface area contributed by atoms with E-state index in [0.29, 0.717) is 12.8 Å². The van der Waals surface area contributed by atoms with E-state index in [0.717, 1.165) is 5.56 Å². The van der Waals surface area contributed by atoms with E-state index in [2.05, 4.69) is 0 Å². The van der Waals surface area contributed by atoms with Gasteiger partial charge in [0, 0.05) is 44.0 Å². The largest absolute Gasteiger partial charge is 0.459 e. The SMILES string of the molecule is CO[C@@]1(C)[C@@H]2CC[C@@H](C(=O)O[C@@H]3C[C@H](CO)[C@@H](O)[C@H](O)[C@H]3O[C@H]3O[C@H](C)[C@H](O)[C@@H](O)[C@H]3O)C[C@@H]2O[C@]12C[C@H](OC(=O)/C=C/c1ccccc1)[C@@H](C)CO2. The molecule has 0 unspecified atom stereocenters. The number of rotatable bonds is 9. The van der Waals surface area contributed by atoms with E-state index >= 15 is 0 Å². The van der Waals surface area contributed by atoms with Crippen LogP contribution in [0.2, 0.25) is 0 Å². The van der Waals surface area contributed by atoms with E-state index in [9.17, 15) is 40.2 Å². The number of methoxy groups -OCH3 is 1. The lowest BCUT2D eigenvalue weighted by Crippen LogP contribution is -2.62.